The Bertz CT molecular complexity index is 1440. The van der Waals surface area contributed by atoms with Crippen LogP contribution in [0.2, 0.25) is 10.0 Å². The molecule has 0 saturated heterocycles. The van der Waals surface area contributed by atoms with Crippen LogP contribution in [0.15, 0.2) is 68.4 Å². The van der Waals surface area contributed by atoms with Gasteiger partial charge in [-0.2, -0.15) is 0 Å². The molecule has 1 aliphatic rings. The third-order valence-corrected chi connectivity index (χ3v) is 7.49. The van der Waals surface area contributed by atoms with E-state index in [4.69, 9.17) is 27.9 Å². The van der Waals surface area contributed by atoms with Gasteiger partial charge in [0.25, 0.3) is 5.56 Å². The molecule has 170 valence electrons. The van der Waals surface area contributed by atoms with E-state index >= 15 is 0 Å². The van der Waals surface area contributed by atoms with E-state index in [0.717, 1.165) is 10.5 Å². The minimum Gasteiger partial charge on any atom is -0.463 e. The van der Waals surface area contributed by atoms with Crippen LogP contribution < -0.4 is 14.9 Å². The summed E-state index contributed by atoms with van der Waals surface area (Å²) in [6.07, 6.45) is 3.72. The largest absolute Gasteiger partial charge is 0.463 e. The van der Waals surface area contributed by atoms with Crippen LogP contribution in [0.3, 0.4) is 0 Å². The van der Waals surface area contributed by atoms with Crippen LogP contribution in [0.5, 0.6) is 0 Å². The molecule has 33 heavy (non-hydrogen) atoms. The van der Waals surface area contributed by atoms with Crippen molar-refractivity contribution in [3.63, 3.8) is 0 Å². The van der Waals surface area contributed by atoms with E-state index in [9.17, 15) is 9.59 Å². The molecule has 9 heteroatoms. The fourth-order valence-corrected chi connectivity index (χ4v) is 5.56. The van der Waals surface area contributed by atoms with E-state index in [1.165, 1.54) is 11.3 Å². The van der Waals surface area contributed by atoms with Crippen LogP contribution in [-0.4, -0.2) is 23.4 Å². The molecular formula is C24H20Cl2N2O3S2. The molecule has 0 bridgehead atoms. The maximum atomic E-state index is 13.6. The Morgan fingerprint density at radius 1 is 1.24 bits per heavy atom. The Balaban J connectivity index is 1.95. The van der Waals surface area contributed by atoms with Gasteiger partial charge in [0.2, 0.25) is 0 Å². The molecule has 1 aromatic heterocycles. The van der Waals surface area contributed by atoms with E-state index in [2.05, 4.69) is 4.99 Å². The summed E-state index contributed by atoms with van der Waals surface area (Å²) < 4.78 is 7.35. The summed E-state index contributed by atoms with van der Waals surface area (Å²) in [5.41, 5.74) is 2.12. The molecule has 0 unspecified atom stereocenters. The number of hydrogen-bond acceptors (Lipinski definition) is 6. The Kier molecular flexibility index (Phi) is 7.14. The van der Waals surface area contributed by atoms with Gasteiger partial charge >= 0.3 is 5.97 Å². The number of nitrogens with zero attached hydrogens (tertiary/aromatic N) is 2. The minimum atomic E-state index is -0.640. The fourth-order valence-electron chi connectivity index (χ4n) is 3.65. The van der Waals surface area contributed by atoms with Gasteiger partial charge < -0.3 is 4.74 Å². The molecule has 0 radical (unpaired) electrons. The second kappa shape index (κ2) is 9.89. The van der Waals surface area contributed by atoms with Crippen LogP contribution in [0, 0.1) is 0 Å². The predicted octanol–water partition coefficient (Wildman–Crippen LogP) is 4.83. The molecular weight excluding hydrogens is 499 g/mol. The average Bonchev–Trinajstić information content (AvgIpc) is 3.09. The van der Waals surface area contributed by atoms with E-state index in [1.807, 2.05) is 30.5 Å². The van der Waals surface area contributed by atoms with Crippen molar-refractivity contribution < 1.29 is 9.53 Å². The summed E-state index contributed by atoms with van der Waals surface area (Å²) in [6.45, 7) is 3.75. The van der Waals surface area contributed by atoms with Gasteiger partial charge in [0.1, 0.15) is 0 Å². The second-order valence-electron chi connectivity index (χ2n) is 7.24. The van der Waals surface area contributed by atoms with Crippen molar-refractivity contribution >= 4 is 58.3 Å². The molecule has 0 amide bonds. The van der Waals surface area contributed by atoms with Crippen LogP contribution in [0.4, 0.5) is 0 Å². The van der Waals surface area contributed by atoms with Crippen molar-refractivity contribution in [1.29, 1.82) is 0 Å². The van der Waals surface area contributed by atoms with E-state index in [-0.39, 0.29) is 12.2 Å². The molecule has 0 fully saturated rings. The lowest BCUT2D eigenvalue weighted by molar-refractivity contribution is -0.139. The molecule has 1 aliphatic heterocycles. The quantitative estimate of drug-likeness (QED) is 0.358. The topological polar surface area (TPSA) is 60.7 Å². The number of thiazole rings is 1. The number of aromatic nitrogens is 1. The van der Waals surface area contributed by atoms with Gasteiger partial charge in [0, 0.05) is 14.9 Å². The lowest BCUT2D eigenvalue weighted by Crippen LogP contribution is -2.39. The maximum Gasteiger partial charge on any atom is 0.338 e. The van der Waals surface area contributed by atoms with E-state index < -0.39 is 12.0 Å². The summed E-state index contributed by atoms with van der Waals surface area (Å²) in [6, 6.07) is 12.3. The SMILES string of the molecule is CCOC(=O)C1=C(C)N=c2s/c(=C\c3ccc(Cl)cc3Cl)c(=O)n2[C@@H]1c1ccc(SC)cc1. The summed E-state index contributed by atoms with van der Waals surface area (Å²) in [7, 11) is 0. The number of thioether (sulfide) groups is 1. The summed E-state index contributed by atoms with van der Waals surface area (Å²) in [4.78, 5) is 32.7. The van der Waals surface area contributed by atoms with Crippen molar-refractivity contribution in [2.75, 3.05) is 12.9 Å². The van der Waals surface area contributed by atoms with Gasteiger partial charge in [-0.25, -0.2) is 9.79 Å². The smallest absolute Gasteiger partial charge is 0.338 e. The van der Waals surface area contributed by atoms with Crippen LogP contribution in [0.1, 0.15) is 31.0 Å². The molecule has 0 saturated carbocycles. The number of hydrogen-bond donors (Lipinski definition) is 0. The van der Waals surface area contributed by atoms with Gasteiger partial charge in [-0.15, -0.1) is 11.8 Å². The van der Waals surface area contributed by atoms with Gasteiger partial charge in [0.15, 0.2) is 4.80 Å². The van der Waals surface area contributed by atoms with Crippen molar-refractivity contribution in [3.05, 3.63) is 94.6 Å². The summed E-state index contributed by atoms with van der Waals surface area (Å²) >= 11 is 15.2. The number of halogens is 2. The van der Waals surface area contributed by atoms with E-state index in [0.29, 0.717) is 36.2 Å². The Morgan fingerprint density at radius 3 is 2.61 bits per heavy atom. The van der Waals surface area contributed by atoms with E-state index in [1.54, 1.807) is 54.5 Å². The zero-order valence-electron chi connectivity index (χ0n) is 18.1. The molecule has 5 nitrogen and oxygen atoms in total. The number of esters is 1. The first-order valence-corrected chi connectivity index (χ1v) is 12.9. The molecule has 0 aliphatic carbocycles. The van der Waals surface area contributed by atoms with Crippen molar-refractivity contribution in [2.24, 2.45) is 4.99 Å². The van der Waals surface area contributed by atoms with Crippen LogP contribution in [0.25, 0.3) is 6.08 Å². The van der Waals surface area contributed by atoms with Crippen molar-refractivity contribution in [1.82, 2.24) is 4.57 Å². The van der Waals surface area contributed by atoms with Gasteiger partial charge in [-0.1, -0.05) is 52.7 Å². The number of allylic oxidation sites excluding steroid dienone is 1. The second-order valence-corrected chi connectivity index (χ2v) is 9.97. The average molecular weight is 519 g/mol. The predicted molar refractivity (Wildman–Crippen MR) is 135 cm³/mol. The van der Waals surface area contributed by atoms with Crippen molar-refractivity contribution in [3.8, 4) is 0 Å². The van der Waals surface area contributed by atoms with Crippen LogP contribution in [-0.2, 0) is 9.53 Å². The number of ether oxygens (including phenoxy) is 1. The molecule has 3 aromatic rings. The fraction of sp³-hybridized carbons (Fsp3) is 0.208. The number of rotatable bonds is 5. The highest BCUT2D eigenvalue weighted by molar-refractivity contribution is 7.98. The number of carbonyl (C=O) groups excluding carboxylic acids is 1. The molecule has 4 rings (SSSR count). The maximum absolute atomic E-state index is 13.6. The number of carbonyl (C=O) groups is 1. The lowest BCUT2D eigenvalue weighted by Gasteiger charge is -2.24. The third kappa shape index (κ3) is 4.68. The third-order valence-electron chi connectivity index (χ3n) is 5.20. The minimum absolute atomic E-state index is 0.229. The number of fused-ring (bicyclic) bond motifs is 1. The zero-order valence-corrected chi connectivity index (χ0v) is 21.2. The Morgan fingerprint density at radius 2 is 1.97 bits per heavy atom. The van der Waals surface area contributed by atoms with Gasteiger partial charge in [-0.05, 0) is 61.6 Å². The molecule has 1 atom stereocenters. The van der Waals surface area contributed by atoms with Crippen LogP contribution >= 0.6 is 46.3 Å². The molecule has 2 heterocycles. The Hall–Kier alpha value is -2.32. The molecule has 2 aromatic carbocycles. The standard InChI is InChI=1S/C24H20Cl2N2O3S2/c1-4-31-23(30)20-13(2)27-24-28(21(20)14-6-9-17(32-3)10-7-14)22(29)19(33-24)11-15-5-8-16(25)12-18(15)26/h5-12,21H,4H2,1-3H3/b19-11-/t21-/m1/s1. The highest BCUT2D eigenvalue weighted by atomic mass is 35.5. The lowest BCUT2D eigenvalue weighted by atomic mass is 9.96. The molecule has 0 N–H and O–H groups in total. The Labute approximate surface area is 209 Å². The highest BCUT2D eigenvalue weighted by Gasteiger charge is 2.33. The zero-order chi connectivity index (χ0) is 23.7. The highest BCUT2D eigenvalue weighted by Crippen LogP contribution is 2.31. The van der Waals surface area contributed by atoms with Gasteiger partial charge in [0.05, 0.1) is 28.5 Å². The normalized spacial score (nSPS) is 15.9. The van der Waals surface area contributed by atoms with Crippen molar-refractivity contribution in [2.45, 2.75) is 24.8 Å². The first-order valence-electron chi connectivity index (χ1n) is 10.1. The first kappa shape index (κ1) is 23.8. The molecule has 0 spiro atoms. The summed E-state index contributed by atoms with van der Waals surface area (Å²) in [5, 5.41) is 0.961. The van der Waals surface area contributed by atoms with Gasteiger partial charge in [-0.3, -0.25) is 9.36 Å². The number of benzene rings is 2. The summed E-state index contributed by atoms with van der Waals surface area (Å²) in [5.74, 6) is -0.479. The monoisotopic (exact) mass is 518 g/mol. The first-order chi connectivity index (χ1) is 15.8.